The molecule has 0 spiro atoms. The first-order chi connectivity index (χ1) is 14.9. The van der Waals surface area contributed by atoms with Gasteiger partial charge in [-0.2, -0.15) is 0 Å². The Kier molecular flexibility index (Phi) is 7.98. The molecule has 1 fully saturated rings. The molecule has 2 rings (SSSR count). The molecule has 1 saturated heterocycles. The largest absolute Gasteiger partial charge is 0.465 e. The van der Waals surface area contributed by atoms with E-state index in [1.54, 1.807) is 20.8 Å². The summed E-state index contributed by atoms with van der Waals surface area (Å²) in [5.41, 5.74) is -0.623. The molecule has 0 aliphatic carbocycles. The molecule has 1 heterocycles. The van der Waals surface area contributed by atoms with Crippen LogP contribution in [0, 0.1) is 0 Å². The van der Waals surface area contributed by atoms with E-state index in [-0.39, 0.29) is 36.4 Å². The zero-order valence-corrected chi connectivity index (χ0v) is 18.5. The number of carbonyl (C=O) groups is 4. The van der Waals surface area contributed by atoms with Gasteiger partial charge in [-0.1, -0.05) is 12.7 Å². The summed E-state index contributed by atoms with van der Waals surface area (Å²) in [7, 11) is 1.18. The summed E-state index contributed by atoms with van der Waals surface area (Å²) in [5, 5.41) is 12.6. The van der Waals surface area contributed by atoms with E-state index in [4.69, 9.17) is 14.2 Å². The minimum absolute atomic E-state index is 0.00992. The van der Waals surface area contributed by atoms with Crippen molar-refractivity contribution in [2.75, 3.05) is 25.6 Å². The monoisotopic (exact) mass is 448 g/mol. The van der Waals surface area contributed by atoms with Crippen LogP contribution in [0.25, 0.3) is 0 Å². The highest BCUT2D eigenvalue weighted by Crippen LogP contribution is 2.24. The fourth-order valence-corrected chi connectivity index (χ4v) is 3.08. The number of methoxy groups -OCH3 is 1. The highest BCUT2D eigenvalue weighted by molar-refractivity contribution is 6.01. The number of rotatable bonds is 6. The van der Waals surface area contributed by atoms with Gasteiger partial charge in [0.15, 0.2) is 0 Å². The lowest BCUT2D eigenvalue weighted by molar-refractivity contribution is -0.120. The molecule has 10 nitrogen and oxygen atoms in total. The third-order valence-corrected chi connectivity index (χ3v) is 4.40. The predicted molar refractivity (Wildman–Crippen MR) is 114 cm³/mol. The van der Waals surface area contributed by atoms with Crippen LogP contribution in [0.1, 0.15) is 47.9 Å². The van der Waals surface area contributed by atoms with Crippen LogP contribution in [0.3, 0.4) is 0 Å². The van der Waals surface area contributed by atoms with Gasteiger partial charge in [-0.25, -0.2) is 14.4 Å². The molecule has 2 N–H and O–H groups in total. The molecule has 0 bridgehead atoms. The van der Waals surface area contributed by atoms with Crippen LogP contribution in [0.4, 0.5) is 10.5 Å². The Labute approximate surface area is 186 Å². The van der Waals surface area contributed by atoms with Crippen molar-refractivity contribution >= 4 is 29.6 Å². The average molecular weight is 448 g/mol. The second-order valence-electron chi connectivity index (χ2n) is 8.21. The Morgan fingerprint density at radius 1 is 1.19 bits per heavy atom. The highest BCUT2D eigenvalue weighted by Gasteiger charge is 2.41. The Morgan fingerprint density at radius 2 is 1.81 bits per heavy atom. The van der Waals surface area contributed by atoms with Crippen LogP contribution >= 0.6 is 0 Å². The summed E-state index contributed by atoms with van der Waals surface area (Å²) in [4.78, 5) is 50.8. The minimum Gasteiger partial charge on any atom is -0.465 e. The molecular weight excluding hydrogens is 420 g/mol. The van der Waals surface area contributed by atoms with Crippen molar-refractivity contribution in [3.63, 3.8) is 0 Å². The lowest BCUT2D eigenvalue weighted by Crippen LogP contribution is -2.45. The van der Waals surface area contributed by atoms with Crippen LogP contribution in [-0.4, -0.2) is 72.0 Å². The maximum atomic E-state index is 12.9. The first-order valence-corrected chi connectivity index (χ1v) is 9.95. The molecule has 2 atom stereocenters. The SMILES string of the molecule is C=CCOC(=O)c1cc(NC(=O)[C@@H]2C[C@H](O)CN2C(=O)OC(C)(C)C)cc(C(=O)OC)c1. The molecule has 2 amide bonds. The average Bonchev–Trinajstić information content (AvgIpc) is 3.12. The number of anilines is 1. The third kappa shape index (κ3) is 6.55. The number of hydrogen-bond donors (Lipinski definition) is 2. The predicted octanol–water partition coefficient (Wildman–Crippen LogP) is 2.12. The highest BCUT2D eigenvalue weighted by atomic mass is 16.6. The van der Waals surface area contributed by atoms with E-state index in [2.05, 4.69) is 11.9 Å². The van der Waals surface area contributed by atoms with Gasteiger partial charge in [0.05, 0.1) is 30.9 Å². The van der Waals surface area contributed by atoms with Gasteiger partial charge in [-0.15, -0.1) is 0 Å². The number of amides is 2. The second-order valence-corrected chi connectivity index (χ2v) is 8.21. The van der Waals surface area contributed by atoms with Gasteiger partial charge >= 0.3 is 18.0 Å². The fraction of sp³-hybridized carbons (Fsp3) is 0.455. The van der Waals surface area contributed by atoms with Crippen molar-refractivity contribution < 1.29 is 38.5 Å². The van der Waals surface area contributed by atoms with Crippen molar-refractivity contribution in [2.45, 2.75) is 44.9 Å². The Bertz CT molecular complexity index is 906. The lowest BCUT2D eigenvalue weighted by atomic mass is 10.1. The molecule has 0 unspecified atom stereocenters. The fourth-order valence-electron chi connectivity index (χ4n) is 3.08. The molecule has 0 aromatic heterocycles. The van der Waals surface area contributed by atoms with Crippen molar-refractivity contribution in [2.24, 2.45) is 0 Å². The van der Waals surface area contributed by atoms with Crippen LogP contribution in [0.2, 0.25) is 0 Å². The van der Waals surface area contributed by atoms with E-state index >= 15 is 0 Å². The Morgan fingerprint density at radius 3 is 2.38 bits per heavy atom. The van der Waals surface area contributed by atoms with Crippen molar-refractivity contribution in [3.8, 4) is 0 Å². The topological polar surface area (TPSA) is 131 Å². The molecule has 10 heteroatoms. The zero-order chi connectivity index (χ0) is 24.1. The number of benzene rings is 1. The number of esters is 2. The van der Waals surface area contributed by atoms with Crippen LogP contribution in [0.5, 0.6) is 0 Å². The molecule has 174 valence electrons. The van der Waals surface area contributed by atoms with E-state index in [0.29, 0.717) is 0 Å². The molecule has 1 aliphatic rings. The maximum Gasteiger partial charge on any atom is 0.411 e. The number of aliphatic hydroxyl groups excluding tert-OH is 1. The van der Waals surface area contributed by atoms with Gasteiger partial charge in [0.1, 0.15) is 18.2 Å². The number of nitrogens with one attached hydrogen (secondary N) is 1. The zero-order valence-electron chi connectivity index (χ0n) is 18.5. The summed E-state index contributed by atoms with van der Waals surface area (Å²) < 4.78 is 15.0. The van der Waals surface area contributed by atoms with Crippen LogP contribution in [-0.2, 0) is 19.0 Å². The van der Waals surface area contributed by atoms with Gasteiger partial charge in [0.2, 0.25) is 5.91 Å². The number of ether oxygens (including phenoxy) is 3. The van der Waals surface area contributed by atoms with Crippen molar-refractivity contribution in [1.82, 2.24) is 4.90 Å². The normalized spacial score (nSPS) is 18.0. The number of nitrogens with zero attached hydrogens (tertiary/aromatic N) is 1. The van der Waals surface area contributed by atoms with E-state index in [1.165, 1.54) is 31.4 Å². The summed E-state index contributed by atoms with van der Waals surface area (Å²) in [6, 6.07) is 2.94. The summed E-state index contributed by atoms with van der Waals surface area (Å²) in [5.74, 6) is -2.05. The number of aliphatic hydroxyl groups is 1. The molecule has 1 aromatic rings. The van der Waals surface area contributed by atoms with Crippen molar-refractivity contribution in [3.05, 3.63) is 42.0 Å². The Balaban J connectivity index is 2.28. The van der Waals surface area contributed by atoms with E-state index in [0.717, 1.165) is 4.90 Å². The smallest absolute Gasteiger partial charge is 0.411 e. The molecule has 32 heavy (non-hydrogen) atoms. The first kappa shape index (κ1) is 24.9. The van der Waals surface area contributed by atoms with Gasteiger partial charge in [-0.05, 0) is 39.0 Å². The van der Waals surface area contributed by atoms with E-state index in [9.17, 15) is 24.3 Å². The standard InChI is InChI=1S/C22H28N2O8/c1-6-7-31-20(28)14-8-13(19(27)30-5)9-15(10-14)23-18(26)17-11-16(25)12-24(17)21(29)32-22(2,3)4/h6,8-10,16-17,25H,1,7,11-12H2,2-5H3,(H,23,26)/t16-,17-/m0/s1. The molecule has 0 saturated carbocycles. The van der Waals surface area contributed by atoms with Crippen LogP contribution < -0.4 is 5.32 Å². The first-order valence-electron chi connectivity index (χ1n) is 9.95. The summed E-state index contributed by atoms with van der Waals surface area (Å²) in [6.45, 7) is 8.45. The van der Waals surface area contributed by atoms with Gasteiger partial charge in [0, 0.05) is 12.1 Å². The second kappa shape index (κ2) is 10.3. The van der Waals surface area contributed by atoms with Gasteiger partial charge < -0.3 is 24.6 Å². The van der Waals surface area contributed by atoms with Gasteiger partial charge in [-0.3, -0.25) is 9.69 Å². The molecule has 1 aliphatic heterocycles. The molecule has 0 radical (unpaired) electrons. The molecular formula is C22H28N2O8. The molecule has 1 aromatic carbocycles. The summed E-state index contributed by atoms with van der Waals surface area (Å²) >= 11 is 0. The van der Waals surface area contributed by atoms with E-state index in [1.807, 2.05) is 0 Å². The minimum atomic E-state index is -1.00. The number of likely N-dealkylation sites (tertiary alicyclic amines) is 1. The van der Waals surface area contributed by atoms with E-state index < -0.39 is 41.7 Å². The van der Waals surface area contributed by atoms with Crippen molar-refractivity contribution in [1.29, 1.82) is 0 Å². The Hall–Kier alpha value is -3.40. The lowest BCUT2D eigenvalue weighted by Gasteiger charge is -2.27. The maximum absolute atomic E-state index is 12.9. The number of hydrogen-bond acceptors (Lipinski definition) is 8. The van der Waals surface area contributed by atoms with Crippen LogP contribution in [0.15, 0.2) is 30.9 Å². The number of carbonyl (C=O) groups excluding carboxylic acids is 4. The summed E-state index contributed by atoms with van der Waals surface area (Å²) in [6.07, 6.45) is -0.229. The number of β-amino-alcohol motifs (C(OH)–C–C–N with tert-alkyl or cyclic N) is 1. The third-order valence-electron chi connectivity index (χ3n) is 4.40. The quantitative estimate of drug-likeness (QED) is 0.384. The van der Waals surface area contributed by atoms with Gasteiger partial charge in [0.25, 0.3) is 0 Å².